The molecule has 2 N–H and O–H groups in total. The van der Waals surface area contributed by atoms with Gasteiger partial charge in [-0.2, -0.15) is 0 Å². The van der Waals surface area contributed by atoms with Gasteiger partial charge in [-0.1, -0.05) is 112 Å². The van der Waals surface area contributed by atoms with E-state index in [0.29, 0.717) is 0 Å². The lowest BCUT2D eigenvalue weighted by atomic mass is 10.1. The molecule has 34 heavy (non-hydrogen) atoms. The second kappa shape index (κ2) is 18.6. The number of unbranched alkanes of at least 4 members (excludes halogenated alkanes) is 9. The monoisotopic (exact) mass is 460 g/mol. The number of urea groups is 1. The number of hydrogen-bond acceptors (Lipinski definition) is 1. The Kier molecular flexibility index (Phi) is 15.0. The summed E-state index contributed by atoms with van der Waals surface area (Å²) in [4.78, 5) is 12.2. The molecule has 0 fully saturated rings. The van der Waals surface area contributed by atoms with E-state index in [-0.39, 0.29) is 6.03 Å². The van der Waals surface area contributed by atoms with Crippen LogP contribution in [-0.2, 0) is 0 Å². The molecule has 0 saturated heterocycles. The van der Waals surface area contributed by atoms with Crippen LogP contribution in [0.15, 0.2) is 78.9 Å². The molecule has 2 amide bonds. The smallest absolute Gasteiger partial charge is 0.319 e. The molecule has 0 atom stereocenters. The quantitative estimate of drug-likeness (QED) is 0.179. The molecule has 2 rings (SSSR count). The van der Waals surface area contributed by atoms with Crippen LogP contribution < -0.4 is 10.6 Å². The molecule has 0 bridgehead atoms. The standard InChI is InChI=1S/C31H44N2O/c1-2-3-4-5-6-7-8-9-10-11-12-13-14-15-16-20-26-32-31(34)33-30-25-21-24-29(27-30)28-22-18-17-19-23-28/h6-7,9-10,17-19,21-25,27H,2-5,8,11-16,20,26H2,1H3,(H2,32,33,34). The minimum absolute atomic E-state index is 0.132. The van der Waals surface area contributed by atoms with E-state index in [1.807, 2.05) is 36.4 Å². The summed E-state index contributed by atoms with van der Waals surface area (Å²) in [6.07, 6.45) is 24.0. The highest BCUT2D eigenvalue weighted by Crippen LogP contribution is 2.22. The van der Waals surface area contributed by atoms with E-state index in [2.05, 4.69) is 60.1 Å². The van der Waals surface area contributed by atoms with Crippen LogP contribution in [0.25, 0.3) is 11.1 Å². The topological polar surface area (TPSA) is 41.1 Å². The van der Waals surface area contributed by atoms with Crippen LogP contribution in [-0.4, -0.2) is 12.6 Å². The number of hydrogen-bond donors (Lipinski definition) is 2. The third kappa shape index (κ3) is 13.0. The van der Waals surface area contributed by atoms with Crippen LogP contribution in [0.3, 0.4) is 0 Å². The number of carbonyl (C=O) groups is 1. The average molecular weight is 461 g/mol. The van der Waals surface area contributed by atoms with Crippen molar-refractivity contribution in [3.05, 3.63) is 78.9 Å². The Bertz CT molecular complexity index is 842. The largest absolute Gasteiger partial charge is 0.338 e. The first-order valence-electron chi connectivity index (χ1n) is 13.3. The molecule has 0 unspecified atom stereocenters. The molecule has 0 aromatic heterocycles. The van der Waals surface area contributed by atoms with Crippen molar-refractivity contribution in [2.24, 2.45) is 0 Å². The molecular weight excluding hydrogens is 416 g/mol. The second-order valence-corrected chi connectivity index (χ2v) is 8.91. The zero-order chi connectivity index (χ0) is 24.1. The number of benzene rings is 2. The Balaban J connectivity index is 1.44. The van der Waals surface area contributed by atoms with E-state index in [9.17, 15) is 4.79 Å². The lowest BCUT2D eigenvalue weighted by Gasteiger charge is -2.09. The van der Waals surface area contributed by atoms with E-state index >= 15 is 0 Å². The maximum absolute atomic E-state index is 12.2. The summed E-state index contributed by atoms with van der Waals surface area (Å²) in [5.74, 6) is 0. The fourth-order valence-electron chi connectivity index (χ4n) is 3.90. The Labute approximate surface area is 207 Å². The van der Waals surface area contributed by atoms with Gasteiger partial charge in [0.15, 0.2) is 0 Å². The van der Waals surface area contributed by atoms with Crippen LogP contribution in [0.1, 0.15) is 84.0 Å². The summed E-state index contributed by atoms with van der Waals surface area (Å²) in [6, 6.07) is 18.0. The second-order valence-electron chi connectivity index (χ2n) is 8.91. The third-order valence-electron chi connectivity index (χ3n) is 5.89. The van der Waals surface area contributed by atoms with E-state index in [4.69, 9.17) is 0 Å². The normalized spacial score (nSPS) is 11.3. The van der Waals surface area contributed by atoms with E-state index in [1.54, 1.807) is 0 Å². The summed E-state index contributed by atoms with van der Waals surface area (Å²) >= 11 is 0. The van der Waals surface area contributed by atoms with Crippen molar-refractivity contribution in [2.75, 3.05) is 11.9 Å². The van der Waals surface area contributed by atoms with Crippen molar-refractivity contribution in [1.82, 2.24) is 5.32 Å². The van der Waals surface area contributed by atoms with Crippen LogP contribution in [0.5, 0.6) is 0 Å². The number of amides is 2. The highest BCUT2D eigenvalue weighted by Gasteiger charge is 2.03. The molecular formula is C31H44N2O. The summed E-state index contributed by atoms with van der Waals surface area (Å²) < 4.78 is 0. The van der Waals surface area contributed by atoms with Gasteiger partial charge in [0.1, 0.15) is 0 Å². The zero-order valence-corrected chi connectivity index (χ0v) is 21.1. The van der Waals surface area contributed by atoms with Crippen molar-refractivity contribution in [3.63, 3.8) is 0 Å². The van der Waals surface area contributed by atoms with E-state index < -0.39 is 0 Å². The molecule has 0 aliphatic heterocycles. The van der Waals surface area contributed by atoms with Gasteiger partial charge in [-0.15, -0.1) is 0 Å². The van der Waals surface area contributed by atoms with E-state index in [0.717, 1.165) is 36.2 Å². The van der Waals surface area contributed by atoms with Crippen LogP contribution in [0.2, 0.25) is 0 Å². The molecule has 2 aromatic carbocycles. The Morgan fingerprint density at radius 2 is 1.35 bits per heavy atom. The highest BCUT2D eigenvalue weighted by atomic mass is 16.2. The predicted molar refractivity (Wildman–Crippen MR) is 148 cm³/mol. The molecule has 3 heteroatoms. The number of anilines is 1. The molecule has 0 spiro atoms. The summed E-state index contributed by atoms with van der Waals surface area (Å²) in [6.45, 7) is 2.97. The van der Waals surface area contributed by atoms with Crippen LogP contribution in [0.4, 0.5) is 10.5 Å². The first-order valence-corrected chi connectivity index (χ1v) is 13.3. The molecule has 0 saturated carbocycles. The van der Waals surface area contributed by atoms with Gasteiger partial charge < -0.3 is 10.6 Å². The van der Waals surface area contributed by atoms with Gasteiger partial charge in [0.05, 0.1) is 0 Å². The first kappa shape index (κ1) is 27.4. The SMILES string of the molecule is CCCCCC=CCC=CCCCCCCCCNC(=O)Nc1cccc(-c2ccccc2)c1. The lowest BCUT2D eigenvalue weighted by Crippen LogP contribution is -2.29. The summed E-state index contributed by atoms with van der Waals surface area (Å²) in [7, 11) is 0. The maximum Gasteiger partial charge on any atom is 0.319 e. The van der Waals surface area contributed by atoms with E-state index in [1.165, 1.54) is 64.2 Å². The fraction of sp³-hybridized carbons (Fsp3) is 0.452. The minimum Gasteiger partial charge on any atom is -0.338 e. The summed E-state index contributed by atoms with van der Waals surface area (Å²) in [5.41, 5.74) is 3.06. The molecule has 3 nitrogen and oxygen atoms in total. The molecule has 184 valence electrons. The molecule has 0 aliphatic carbocycles. The third-order valence-corrected chi connectivity index (χ3v) is 5.89. The highest BCUT2D eigenvalue weighted by molar-refractivity contribution is 5.90. The van der Waals surface area contributed by atoms with Gasteiger partial charge in [0.2, 0.25) is 0 Å². The minimum atomic E-state index is -0.132. The van der Waals surface area contributed by atoms with Gasteiger partial charge >= 0.3 is 6.03 Å². The van der Waals surface area contributed by atoms with Crippen molar-refractivity contribution in [1.29, 1.82) is 0 Å². The van der Waals surface area contributed by atoms with Crippen molar-refractivity contribution in [2.45, 2.75) is 84.0 Å². The fourth-order valence-corrected chi connectivity index (χ4v) is 3.90. The van der Waals surface area contributed by atoms with Gasteiger partial charge in [-0.3, -0.25) is 0 Å². The van der Waals surface area contributed by atoms with Gasteiger partial charge in [-0.25, -0.2) is 4.79 Å². The Hall–Kier alpha value is -2.81. The predicted octanol–water partition coefficient (Wildman–Crippen LogP) is 9.29. The molecule has 2 aromatic rings. The number of carbonyl (C=O) groups excluding carboxylic acids is 1. The van der Waals surface area contributed by atoms with Gasteiger partial charge in [-0.05, 0) is 61.8 Å². The van der Waals surface area contributed by atoms with Crippen LogP contribution >= 0.6 is 0 Å². The zero-order valence-electron chi connectivity index (χ0n) is 21.1. The Morgan fingerprint density at radius 1 is 0.706 bits per heavy atom. The number of allylic oxidation sites excluding steroid dienone is 4. The number of nitrogens with one attached hydrogen (secondary N) is 2. The van der Waals surface area contributed by atoms with Gasteiger partial charge in [0.25, 0.3) is 0 Å². The maximum atomic E-state index is 12.2. The first-order chi connectivity index (χ1) is 16.8. The molecule has 0 heterocycles. The van der Waals surface area contributed by atoms with Gasteiger partial charge in [0, 0.05) is 12.2 Å². The lowest BCUT2D eigenvalue weighted by molar-refractivity contribution is 0.252. The van der Waals surface area contributed by atoms with Crippen molar-refractivity contribution >= 4 is 11.7 Å². The molecule has 0 radical (unpaired) electrons. The average Bonchev–Trinajstić information content (AvgIpc) is 2.86. The van der Waals surface area contributed by atoms with Crippen molar-refractivity contribution < 1.29 is 4.79 Å². The van der Waals surface area contributed by atoms with Crippen LogP contribution in [0, 0.1) is 0 Å². The number of rotatable bonds is 17. The Morgan fingerprint density at radius 3 is 2.09 bits per heavy atom. The van der Waals surface area contributed by atoms with Crippen molar-refractivity contribution in [3.8, 4) is 11.1 Å². The summed E-state index contributed by atoms with van der Waals surface area (Å²) in [5, 5.41) is 5.92. The molecule has 0 aliphatic rings.